The van der Waals surface area contributed by atoms with Gasteiger partial charge in [-0.25, -0.2) is 0 Å². The monoisotopic (exact) mass is 402 g/mol. The Morgan fingerprint density at radius 3 is 1.24 bits per heavy atom. The van der Waals surface area contributed by atoms with Gasteiger partial charge in [0.2, 0.25) is 0 Å². The van der Waals surface area contributed by atoms with E-state index in [0.717, 1.165) is 35.5 Å². The van der Waals surface area contributed by atoms with Gasteiger partial charge in [0.05, 0.1) is 0 Å². The predicted molar refractivity (Wildman–Crippen MR) is 129 cm³/mol. The Bertz CT molecular complexity index is 388. The topological polar surface area (TPSA) is 0 Å². The van der Waals surface area contributed by atoms with Crippen LogP contribution >= 0.6 is 0 Å². The molecule has 0 unspecified atom stereocenters. The Balaban J connectivity index is 1.24. The summed E-state index contributed by atoms with van der Waals surface area (Å²) >= 11 is 0. The van der Waals surface area contributed by atoms with Crippen molar-refractivity contribution in [2.24, 2.45) is 35.5 Å². The fourth-order valence-corrected chi connectivity index (χ4v) is 7.49. The minimum Gasteiger partial charge on any atom is -0.0654 e. The van der Waals surface area contributed by atoms with E-state index >= 15 is 0 Å². The van der Waals surface area contributed by atoms with Gasteiger partial charge in [-0.2, -0.15) is 0 Å². The summed E-state index contributed by atoms with van der Waals surface area (Å²) in [5.74, 6) is 6.59. The third-order valence-electron chi connectivity index (χ3n) is 9.73. The normalized spacial score (nSPS) is 36.2. The molecule has 3 saturated carbocycles. The summed E-state index contributed by atoms with van der Waals surface area (Å²) < 4.78 is 0. The predicted octanol–water partition coefficient (Wildman–Crippen LogP) is 9.96. The molecule has 0 spiro atoms. The summed E-state index contributed by atoms with van der Waals surface area (Å²) in [6.07, 6.45) is 32.2. The van der Waals surface area contributed by atoms with Crippen LogP contribution in [0.4, 0.5) is 0 Å². The maximum Gasteiger partial charge on any atom is -0.0386 e. The average Bonchev–Trinajstić information content (AvgIpc) is 2.79. The lowest BCUT2D eigenvalue weighted by molar-refractivity contribution is 0.103. The highest BCUT2D eigenvalue weighted by molar-refractivity contribution is 4.85. The molecular formula is C29H54. The summed E-state index contributed by atoms with van der Waals surface area (Å²) in [4.78, 5) is 0. The molecule has 0 aromatic carbocycles. The fourth-order valence-electron chi connectivity index (χ4n) is 7.49. The molecule has 0 amide bonds. The molecule has 0 nitrogen and oxygen atoms in total. The average molecular weight is 403 g/mol. The smallest absolute Gasteiger partial charge is 0.0386 e. The highest BCUT2D eigenvalue weighted by Gasteiger charge is 2.34. The number of rotatable bonds is 11. The van der Waals surface area contributed by atoms with Crippen LogP contribution < -0.4 is 0 Å². The molecule has 0 saturated heterocycles. The van der Waals surface area contributed by atoms with Crippen molar-refractivity contribution in [2.75, 3.05) is 0 Å². The van der Waals surface area contributed by atoms with Crippen LogP contribution in [0, 0.1) is 35.5 Å². The van der Waals surface area contributed by atoms with E-state index in [1.165, 1.54) is 51.4 Å². The van der Waals surface area contributed by atoms with Crippen molar-refractivity contribution in [1.29, 1.82) is 0 Å². The molecule has 3 rings (SSSR count). The first-order valence-corrected chi connectivity index (χ1v) is 14.3. The molecule has 0 radical (unpaired) electrons. The largest absolute Gasteiger partial charge is 0.0654 e. The van der Waals surface area contributed by atoms with Crippen LogP contribution in [0.25, 0.3) is 0 Å². The first kappa shape index (κ1) is 23.7. The Labute approximate surface area is 184 Å². The second-order valence-corrected chi connectivity index (χ2v) is 11.6. The minimum atomic E-state index is 1.07. The van der Waals surface area contributed by atoms with Gasteiger partial charge in [-0.1, -0.05) is 97.3 Å². The van der Waals surface area contributed by atoms with E-state index in [0.29, 0.717) is 0 Å². The summed E-state index contributed by atoms with van der Waals surface area (Å²) in [5.41, 5.74) is 0. The molecule has 0 aromatic rings. The first-order chi connectivity index (χ1) is 14.3. The third kappa shape index (κ3) is 7.88. The molecule has 0 aliphatic heterocycles. The van der Waals surface area contributed by atoms with Crippen LogP contribution in [-0.4, -0.2) is 0 Å². The first-order valence-electron chi connectivity index (χ1n) is 14.3. The summed E-state index contributed by atoms with van der Waals surface area (Å²) in [6.45, 7) is 4.72. The maximum absolute atomic E-state index is 2.40. The Kier molecular flexibility index (Phi) is 10.9. The van der Waals surface area contributed by atoms with E-state index < -0.39 is 0 Å². The van der Waals surface area contributed by atoms with E-state index in [-0.39, 0.29) is 0 Å². The lowest BCUT2D eigenvalue weighted by Crippen LogP contribution is -2.29. The summed E-state index contributed by atoms with van der Waals surface area (Å²) in [5, 5.41) is 0. The Hall–Kier alpha value is 0. The third-order valence-corrected chi connectivity index (χ3v) is 9.73. The molecule has 3 fully saturated rings. The van der Waals surface area contributed by atoms with E-state index in [2.05, 4.69) is 13.8 Å². The maximum atomic E-state index is 2.40. The second kappa shape index (κ2) is 13.4. The van der Waals surface area contributed by atoms with Crippen molar-refractivity contribution in [3.05, 3.63) is 0 Å². The zero-order valence-electron chi connectivity index (χ0n) is 20.3. The second-order valence-electron chi connectivity index (χ2n) is 11.6. The molecule has 0 N–H and O–H groups in total. The van der Waals surface area contributed by atoms with Crippen molar-refractivity contribution < 1.29 is 0 Å². The number of unbranched alkanes of at least 4 members (excludes halogenated alkanes) is 6. The molecule has 0 heteroatoms. The quantitative estimate of drug-likeness (QED) is 0.301. The van der Waals surface area contributed by atoms with Gasteiger partial charge in [0, 0.05) is 0 Å². The van der Waals surface area contributed by atoms with Crippen LogP contribution in [0.2, 0.25) is 0 Å². The van der Waals surface area contributed by atoms with Crippen molar-refractivity contribution in [1.82, 2.24) is 0 Å². The highest BCUT2D eigenvalue weighted by atomic mass is 14.4. The van der Waals surface area contributed by atoms with E-state index in [4.69, 9.17) is 0 Å². The molecule has 170 valence electrons. The Morgan fingerprint density at radius 2 is 0.793 bits per heavy atom. The van der Waals surface area contributed by atoms with Crippen LogP contribution in [0.1, 0.15) is 149 Å². The van der Waals surface area contributed by atoms with Gasteiger partial charge in [0.25, 0.3) is 0 Å². The number of hydrogen-bond donors (Lipinski definition) is 0. The van der Waals surface area contributed by atoms with Crippen LogP contribution in [0.5, 0.6) is 0 Å². The summed E-state index contributed by atoms with van der Waals surface area (Å²) in [6, 6.07) is 0. The van der Waals surface area contributed by atoms with Gasteiger partial charge in [-0.15, -0.1) is 0 Å². The van der Waals surface area contributed by atoms with E-state index in [1.54, 1.807) is 83.5 Å². The SMILES string of the molecule is CCCCCCCCCC1CCC(C2CCC(C3CCC(CC)CC3)CC2)CC1. The molecule has 0 heterocycles. The zero-order valence-corrected chi connectivity index (χ0v) is 20.3. The molecule has 0 aromatic heterocycles. The molecule has 0 atom stereocenters. The molecule has 3 aliphatic carbocycles. The zero-order chi connectivity index (χ0) is 20.3. The van der Waals surface area contributed by atoms with Gasteiger partial charge >= 0.3 is 0 Å². The molecule has 29 heavy (non-hydrogen) atoms. The highest BCUT2D eigenvalue weighted by Crippen LogP contribution is 2.46. The summed E-state index contributed by atoms with van der Waals surface area (Å²) in [7, 11) is 0. The lowest BCUT2D eigenvalue weighted by atomic mass is 9.64. The van der Waals surface area contributed by atoms with Gasteiger partial charge < -0.3 is 0 Å². The van der Waals surface area contributed by atoms with E-state index in [9.17, 15) is 0 Å². The lowest BCUT2D eigenvalue weighted by Gasteiger charge is -2.41. The standard InChI is InChI=1S/C29H54/c1-3-5-6-7-8-9-10-11-25-14-18-27(19-15-25)29-22-20-28(21-23-29)26-16-12-24(4-2)13-17-26/h24-29H,3-23H2,1-2H3. The van der Waals surface area contributed by atoms with E-state index in [1.807, 2.05) is 0 Å². The van der Waals surface area contributed by atoms with Crippen LogP contribution in [0.15, 0.2) is 0 Å². The van der Waals surface area contributed by atoms with Gasteiger partial charge in [0.15, 0.2) is 0 Å². The van der Waals surface area contributed by atoms with Gasteiger partial charge in [-0.05, 0) is 86.9 Å². The van der Waals surface area contributed by atoms with Crippen molar-refractivity contribution in [3.8, 4) is 0 Å². The van der Waals surface area contributed by atoms with Crippen LogP contribution in [-0.2, 0) is 0 Å². The molecular weight excluding hydrogens is 348 g/mol. The van der Waals surface area contributed by atoms with Crippen molar-refractivity contribution in [3.63, 3.8) is 0 Å². The van der Waals surface area contributed by atoms with Gasteiger partial charge in [-0.3, -0.25) is 0 Å². The van der Waals surface area contributed by atoms with Crippen LogP contribution in [0.3, 0.4) is 0 Å². The number of hydrogen-bond acceptors (Lipinski definition) is 0. The molecule has 3 aliphatic rings. The van der Waals surface area contributed by atoms with Gasteiger partial charge in [0.1, 0.15) is 0 Å². The molecule has 0 bridgehead atoms. The fraction of sp³-hybridized carbons (Fsp3) is 1.00. The Morgan fingerprint density at radius 1 is 0.414 bits per heavy atom. The van der Waals surface area contributed by atoms with Crippen molar-refractivity contribution in [2.45, 2.75) is 149 Å². The van der Waals surface area contributed by atoms with Crippen molar-refractivity contribution >= 4 is 0 Å². The minimum absolute atomic E-state index is 1.07.